The van der Waals surface area contributed by atoms with Crippen molar-refractivity contribution in [1.29, 1.82) is 0 Å². The van der Waals surface area contributed by atoms with Crippen LogP contribution in [0.1, 0.15) is 58.2 Å². The number of nitrogens with zero attached hydrogens (tertiary/aromatic N) is 2. The zero-order valence-corrected chi connectivity index (χ0v) is 13.7. The van der Waals surface area contributed by atoms with Crippen LogP contribution in [0.4, 0.5) is 5.82 Å². The monoisotopic (exact) mass is 277 g/mol. The summed E-state index contributed by atoms with van der Waals surface area (Å²) in [5.74, 6) is 1.15. The minimum absolute atomic E-state index is 0.948. The summed E-state index contributed by atoms with van der Waals surface area (Å²) in [5.41, 5.74) is 2.59. The van der Waals surface area contributed by atoms with Crippen molar-refractivity contribution >= 4 is 5.82 Å². The van der Waals surface area contributed by atoms with Gasteiger partial charge < -0.3 is 10.2 Å². The maximum Gasteiger partial charge on any atom is 0.129 e. The Morgan fingerprint density at radius 3 is 2.45 bits per heavy atom. The summed E-state index contributed by atoms with van der Waals surface area (Å²) in [5, 5.41) is 3.49. The summed E-state index contributed by atoms with van der Waals surface area (Å²) < 4.78 is 0. The molecule has 0 amide bonds. The molecule has 0 aromatic carbocycles. The zero-order chi connectivity index (χ0) is 14.8. The summed E-state index contributed by atoms with van der Waals surface area (Å²) in [6.45, 7) is 13.0. The first-order chi connectivity index (χ1) is 9.74. The molecule has 114 valence electrons. The zero-order valence-electron chi connectivity index (χ0n) is 13.7. The molecule has 0 spiro atoms. The molecule has 0 unspecified atom stereocenters. The standard InChI is InChI=1S/C17H31N3/c1-5-9-16-12-15(14-18-10-6-2)13-17(19-16)20(8-4)11-7-3/h12-13,18H,5-11,14H2,1-4H3. The Labute approximate surface area is 124 Å². The molecule has 3 nitrogen and oxygen atoms in total. The lowest BCUT2D eigenvalue weighted by Crippen LogP contribution is -2.25. The summed E-state index contributed by atoms with van der Waals surface area (Å²) in [7, 11) is 0. The van der Waals surface area contributed by atoms with Gasteiger partial charge in [-0.05, 0) is 50.4 Å². The van der Waals surface area contributed by atoms with Crippen LogP contribution in [0.15, 0.2) is 12.1 Å². The Morgan fingerprint density at radius 2 is 1.85 bits per heavy atom. The molecule has 0 aliphatic rings. The smallest absolute Gasteiger partial charge is 0.129 e. The van der Waals surface area contributed by atoms with E-state index in [2.05, 4.69) is 50.0 Å². The van der Waals surface area contributed by atoms with Crippen molar-refractivity contribution in [2.75, 3.05) is 24.5 Å². The quantitative estimate of drug-likeness (QED) is 0.660. The molecule has 1 N–H and O–H groups in total. The van der Waals surface area contributed by atoms with Gasteiger partial charge in [-0.2, -0.15) is 0 Å². The first kappa shape index (κ1) is 17.0. The summed E-state index contributed by atoms with van der Waals surface area (Å²) >= 11 is 0. The van der Waals surface area contributed by atoms with Gasteiger partial charge in [-0.25, -0.2) is 4.98 Å². The van der Waals surface area contributed by atoms with Crippen molar-refractivity contribution in [3.05, 3.63) is 23.4 Å². The maximum absolute atomic E-state index is 4.84. The lowest BCUT2D eigenvalue weighted by atomic mass is 10.1. The molecule has 0 fully saturated rings. The second-order valence-electron chi connectivity index (χ2n) is 5.33. The van der Waals surface area contributed by atoms with E-state index in [0.717, 1.165) is 51.3 Å². The fraction of sp³-hybridized carbons (Fsp3) is 0.706. The van der Waals surface area contributed by atoms with Gasteiger partial charge in [0.2, 0.25) is 0 Å². The van der Waals surface area contributed by atoms with Crippen LogP contribution in [0.25, 0.3) is 0 Å². The summed E-state index contributed by atoms with van der Waals surface area (Å²) in [6, 6.07) is 4.51. The fourth-order valence-electron chi connectivity index (χ4n) is 2.40. The lowest BCUT2D eigenvalue weighted by Gasteiger charge is -2.22. The minimum atomic E-state index is 0.948. The molecule has 0 aliphatic heterocycles. The Bertz CT molecular complexity index is 376. The van der Waals surface area contributed by atoms with Crippen molar-refractivity contribution in [2.45, 2.75) is 59.9 Å². The average molecular weight is 277 g/mol. The Balaban J connectivity index is 2.90. The first-order valence-electron chi connectivity index (χ1n) is 8.20. The third-order valence-electron chi connectivity index (χ3n) is 3.39. The van der Waals surface area contributed by atoms with Crippen molar-refractivity contribution in [1.82, 2.24) is 10.3 Å². The van der Waals surface area contributed by atoms with Gasteiger partial charge in [-0.1, -0.05) is 27.2 Å². The molecule has 0 bridgehead atoms. The van der Waals surface area contributed by atoms with E-state index in [1.54, 1.807) is 0 Å². The fourth-order valence-corrected chi connectivity index (χ4v) is 2.40. The van der Waals surface area contributed by atoms with E-state index in [4.69, 9.17) is 4.98 Å². The third kappa shape index (κ3) is 5.49. The van der Waals surface area contributed by atoms with E-state index in [1.807, 2.05) is 0 Å². The molecule has 0 radical (unpaired) electrons. The normalized spacial score (nSPS) is 10.8. The van der Waals surface area contributed by atoms with Crippen molar-refractivity contribution in [3.8, 4) is 0 Å². The van der Waals surface area contributed by atoms with Crippen molar-refractivity contribution in [2.24, 2.45) is 0 Å². The topological polar surface area (TPSA) is 28.2 Å². The van der Waals surface area contributed by atoms with Crippen LogP contribution < -0.4 is 10.2 Å². The van der Waals surface area contributed by atoms with Gasteiger partial charge in [0.05, 0.1) is 0 Å². The van der Waals surface area contributed by atoms with Crippen LogP contribution in [-0.2, 0) is 13.0 Å². The van der Waals surface area contributed by atoms with E-state index < -0.39 is 0 Å². The van der Waals surface area contributed by atoms with Gasteiger partial charge in [0.1, 0.15) is 5.82 Å². The molecule has 3 heteroatoms. The van der Waals surface area contributed by atoms with Crippen LogP contribution in [0, 0.1) is 0 Å². The molecule has 0 aliphatic carbocycles. The number of anilines is 1. The van der Waals surface area contributed by atoms with Crippen molar-refractivity contribution in [3.63, 3.8) is 0 Å². The molecule has 0 saturated heterocycles. The van der Waals surface area contributed by atoms with E-state index in [-0.39, 0.29) is 0 Å². The number of hydrogen-bond donors (Lipinski definition) is 1. The van der Waals surface area contributed by atoms with E-state index in [0.29, 0.717) is 0 Å². The molecule has 1 heterocycles. The maximum atomic E-state index is 4.84. The highest BCUT2D eigenvalue weighted by Gasteiger charge is 2.08. The van der Waals surface area contributed by atoms with Crippen LogP contribution in [0.2, 0.25) is 0 Å². The second-order valence-corrected chi connectivity index (χ2v) is 5.33. The van der Waals surface area contributed by atoms with E-state index in [1.165, 1.54) is 17.7 Å². The minimum Gasteiger partial charge on any atom is -0.357 e. The third-order valence-corrected chi connectivity index (χ3v) is 3.39. The number of aryl methyl sites for hydroxylation is 1. The largest absolute Gasteiger partial charge is 0.357 e. The predicted octanol–water partition coefficient (Wildman–Crippen LogP) is 3.77. The highest BCUT2D eigenvalue weighted by Crippen LogP contribution is 2.17. The van der Waals surface area contributed by atoms with Gasteiger partial charge >= 0.3 is 0 Å². The number of hydrogen-bond acceptors (Lipinski definition) is 3. The Kier molecular flexibility index (Phi) is 8.28. The Hall–Kier alpha value is -1.09. The molecule has 0 saturated carbocycles. The highest BCUT2D eigenvalue weighted by atomic mass is 15.2. The number of nitrogens with one attached hydrogen (secondary N) is 1. The molecule has 1 rings (SSSR count). The molecule has 1 aromatic rings. The molecular formula is C17H31N3. The highest BCUT2D eigenvalue weighted by molar-refractivity contribution is 5.42. The van der Waals surface area contributed by atoms with E-state index >= 15 is 0 Å². The van der Waals surface area contributed by atoms with Crippen LogP contribution in [0.5, 0.6) is 0 Å². The predicted molar refractivity (Wildman–Crippen MR) is 88.4 cm³/mol. The number of pyridine rings is 1. The molecule has 20 heavy (non-hydrogen) atoms. The molecule has 0 atom stereocenters. The van der Waals surface area contributed by atoms with Crippen molar-refractivity contribution < 1.29 is 0 Å². The van der Waals surface area contributed by atoms with Crippen LogP contribution in [0.3, 0.4) is 0 Å². The van der Waals surface area contributed by atoms with Crippen LogP contribution >= 0.6 is 0 Å². The van der Waals surface area contributed by atoms with Gasteiger partial charge in [-0.15, -0.1) is 0 Å². The number of rotatable bonds is 10. The molecule has 1 aromatic heterocycles. The number of aromatic nitrogens is 1. The first-order valence-corrected chi connectivity index (χ1v) is 8.20. The van der Waals surface area contributed by atoms with Gasteiger partial charge in [0, 0.05) is 25.3 Å². The van der Waals surface area contributed by atoms with Gasteiger partial charge in [0.25, 0.3) is 0 Å². The Morgan fingerprint density at radius 1 is 1.05 bits per heavy atom. The average Bonchev–Trinajstić information content (AvgIpc) is 2.45. The summed E-state index contributed by atoms with van der Waals surface area (Å²) in [6.07, 6.45) is 4.56. The SMILES string of the molecule is CCCNCc1cc(CCC)nc(N(CC)CCC)c1. The second kappa shape index (κ2) is 9.76. The summed E-state index contributed by atoms with van der Waals surface area (Å²) in [4.78, 5) is 7.22. The van der Waals surface area contributed by atoms with E-state index in [9.17, 15) is 0 Å². The van der Waals surface area contributed by atoms with Gasteiger partial charge in [0.15, 0.2) is 0 Å². The van der Waals surface area contributed by atoms with Gasteiger partial charge in [-0.3, -0.25) is 0 Å². The lowest BCUT2D eigenvalue weighted by molar-refractivity contribution is 0.672. The molecular weight excluding hydrogens is 246 g/mol. The van der Waals surface area contributed by atoms with Crippen LogP contribution in [-0.4, -0.2) is 24.6 Å².